The monoisotopic (exact) mass is 262 g/mol. The number of anilines is 1. The summed E-state index contributed by atoms with van der Waals surface area (Å²) in [6.45, 7) is 5.84. The van der Waals surface area contributed by atoms with Crippen LogP contribution in [0.15, 0.2) is 12.4 Å². The van der Waals surface area contributed by atoms with Crippen molar-refractivity contribution in [3.63, 3.8) is 0 Å². The van der Waals surface area contributed by atoms with Gasteiger partial charge in [-0.1, -0.05) is 20.3 Å². The second kappa shape index (κ2) is 5.99. The summed E-state index contributed by atoms with van der Waals surface area (Å²) in [5.74, 6) is 0.519. The maximum absolute atomic E-state index is 12.0. The van der Waals surface area contributed by atoms with Crippen LogP contribution in [0.2, 0.25) is 0 Å². The van der Waals surface area contributed by atoms with Crippen LogP contribution < -0.4 is 10.6 Å². The average Bonchev–Trinajstić information content (AvgIpc) is 2.40. The molecule has 0 saturated heterocycles. The van der Waals surface area contributed by atoms with E-state index in [9.17, 15) is 4.79 Å². The number of hydrogen-bond donors (Lipinski definition) is 2. The minimum Gasteiger partial charge on any atom is -0.369 e. The number of rotatable bonds is 6. The third kappa shape index (κ3) is 3.66. The molecule has 1 saturated carbocycles. The summed E-state index contributed by atoms with van der Waals surface area (Å²) in [5, 5.41) is 6.09. The largest absolute Gasteiger partial charge is 0.369 e. The van der Waals surface area contributed by atoms with Gasteiger partial charge in [-0.15, -0.1) is 0 Å². The van der Waals surface area contributed by atoms with E-state index in [1.165, 1.54) is 25.5 Å². The Bertz CT molecular complexity index is 443. The van der Waals surface area contributed by atoms with Gasteiger partial charge >= 0.3 is 0 Å². The molecule has 0 spiro atoms. The van der Waals surface area contributed by atoms with Crippen molar-refractivity contribution in [3.05, 3.63) is 18.1 Å². The first-order valence-corrected chi connectivity index (χ1v) is 6.97. The maximum Gasteiger partial charge on any atom is 0.271 e. The second-order valence-electron chi connectivity index (χ2n) is 5.56. The highest BCUT2D eigenvalue weighted by atomic mass is 16.1. The van der Waals surface area contributed by atoms with Crippen LogP contribution in [-0.4, -0.2) is 29.0 Å². The number of aromatic nitrogens is 2. The molecule has 1 fully saturated rings. The standard InChI is InChI=1S/C14H22N4O/c1-3-7-16-12-9-15-8-11(18-12)13(19)17-10-14(2)5-4-6-14/h8-9H,3-7,10H2,1-2H3,(H,16,18)(H,17,19). The zero-order valence-electron chi connectivity index (χ0n) is 11.7. The molecule has 104 valence electrons. The van der Waals surface area contributed by atoms with Gasteiger partial charge in [0.1, 0.15) is 11.5 Å². The molecule has 0 aromatic carbocycles. The van der Waals surface area contributed by atoms with E-state index in [0.29, 0.717) is 11.5 Å². The molecule has 1 amide bonds. The summed E-state index contributed by atoms with van der Waals surface area (Å²) in [7, 11) is 0. The first kappa shape index (κ1) is 13.8. The minimum absolute atomic E-state index is 0.138. The topological polar surface area (TPSA) is 66.9 Å². The van der Waals surface area contributed by atoms with Crippen LogP contribution in [0.25, 0.3) is 0 Å². The molecule has 1 heterocycles. The van der Waals surface area contributed by atoms with Crippen LogP contribution in [-0.2, 0) is 0 Å². The van der Waals surface area contributed by atoms with Crippen LogP contribution in [0, 0.1) is 5.41 Å². The summed E-state index contributed by atoms with van der Waals surface area (Å²) in [6.07, 6.45) is 7.81. The van der Waals surface area contributed by atoms with Crippen molar-refractivity contribution in [2.45, 2.75) is 39.5 Å². The van der Waals surface area contributed by atoms with Crippen molar-refractivity contribution < 1.29 is 4.79 Å². The summed E-state index contributed by atoms with van der Waals surface area (Å²) in [6, 6.07) is 0. The van der Waals surface area contributed by atoms with E-state index < -0.39 is 0 Å². The summed E-state index contributed by atoms with van der Waals surface area (Å²) >= 11 is 0. The minimum atomic E-state index is -0.138. The van der Waals surface area contributed by atoms with E-state index in [2.05, 4.69) is 34.4 Å². The molecule has 0 atom stereocenters. The number of carbonyl (C=O) groups excluding carboxylic acids is 1. The molecular formula is C14H22N4O. The fourth-order valence-corrected chi connectivity index (χ4v) is 2.15. The Labute approximate surface area is 114 Å². The maximum atomic E-state index is 12.0. The molecule has 1 aliphatic carbocycles. The molecule has 5 heteroatoms. The molecular weight excluding hydrogens is 240 g/mol. The van der Waals surface area contributed by atoms with Crippen LogP contribution in [0.5, 0.6) is 0 Å². The van der Waals surface area contributed by atoms with E-state index >= 15 is 0 Å². The number of hydrogen-bond acceptors (Lipinski definition) is 4. The number of nitrogens with one attached hydrogen (secondary N) is 2. The zero-order chi connectivity index (χ0) is 13.7. The van der Waals surface area contributed by atoms with Crippen LogP contribution in [0.4, 0.5) is 5.82 Å². The van der Waals surface area contributed by atoms with Crippen LogP contribution in [0.1, 0.15) is 50.0 Å². The van der Waals surface area contributed by atoms with E-state index in [0.717, 1.165) is 19.5 Å². The van der Waals surface area contributed by atoms with E-state index in [1.54, 1.807) is 6.20 Å². The fraction of sp³-hybridized carbons (Fsp3) is 0.643. The van der Waals surface area contributed by atoms with Crippen molar-refractivity contribution in [3.8, 4) is 0 Å². The van der Waals surface area contributed by atoms with Crippen LogP contribution >= 0.6 is 0 Å². The summed E-state index contributed by atoms with van der Waals surface area (Å²) in [5.41, 5.74) is 0.658. The van der Waals surface area contributed by atoms with E-state index in [-0.39, 0.29) is 11.3 Å². The van der Waals surface area contributed by atoms with Crippen molar-refractivity contribution >= 4 is 11.7 Å². The molecule has 5 nitrogen and oxygen atoms in total. The number of carbonyl (C=O) groups is 1. The molecule has 0 aliphatic heterocycles. The lowest BCUT2D eigenvalue weighted by atomic mass is 9.70. The Hall–Kier alpha value is -1.65. The second-order valence-corrected chi connectivity index (χ2v) is 5.56. The van der Waals surface area contributed by atoms with Gasteiger partial charge in [0.2, 0.25) is 0 Å². The number of amides is 1. The van der Waals surface area contributed by atoms with Gasteiger partial charge in [-0.05, 0) is 24.7 Å². The highest BCUT2D eigenvalue weighted by Gasteiger charge is 2.32. The molecule has 19 heavy (non-hydrogen) atoms. The zero-order valence-corrected chi connectivity index (χ0v) is 11.7. The highest BCUT2D eigenvalue weighted by Crippen LogP contribution is 2.39. The quantitative estimate of drug-likeness (QED) is 0.825. The lowest BCUT2D eigenvalue weighted by molar-refractivity contribution is 0.0885. The van der Waals surface area contributed by atoms with Gasteiger partial charge in [0, 0.05) is 13.1 Å². The first-order valence-electron chi connectivity index (χ1n) is 6.97. The molecule has 0 radical (unpaired) electrons. The van der Waals surface area contributed by atoms with Crippen molar-refractivity contribution in [1.29, 1.82) is 0 Å². The summed E-state index contributed by atoms with van der Waals surface area (Å²) < 4.78 is 0. The van der Waals surface area contributed by atoms with Gasteiger partial charge in [0.25, 0.3) is 5.91 Å². The molecule has 2 rings (SSSR count). The van der Waals surface area contributed by atoms with Crippen molar-refractivity contribution in [2.75, 3.05) is 18.4 Å². The highest BCUT2D eigenvalue weighted by molar-refractivity contribution is 5.92. The molecule has 2 N–H and O–H groups in total. The Kier molecular flexibility index (Phi) is 4.35. The Morgan fingerprint density at radius 2 is 2.21 bits per heavy atom. The number of nitrogens with zero attached hydrogens (tertiary/aromatic N) is 2. The third-order valence-electron chi connectivity index (χ3n) is 3.66. The first-order chi connectivity index (χ1) is 9.13. The van der Waals surface area contributed by atoms with Crippen LogP contribution in [0.3, 0.4) is 0 Å². The van der Waals surface area contributed by atoms with Gasteiger partial charge in [-0.3, -0.25) is 9.78 Å². The Balaban J connectivity index is 1.90. The Morgan fingerprint density at radius 3 is 2.84 bits per heavy atom. The molecule has 0 bridgehead atoms. The molecule has 1 aliphatic rings. The van der Waals surface area contributed by atoms with Crippen molar-refractivity contribution in [2.24, 2.45) is 5.41 Å². The smallest absolute Gasteiger partial charge is 0.271 e. The lowest BCUT2D eigenvalue weighted by Crippen LogP contribution is -2.40. The van der Waals surface area contributed by atoms with Crippen molar-refractivity contribution in [1.82, 2.24) is 15.3 Å². The predicted octanol–water partition coefficient (Wildman–Crippen LogP) is 2.22. The third-order valence-corrected chi connectivity index (χ3v) is 3.66. The lowest BCUT2D eigenvalue weighted by Gasteiger charge is -2.38. The van der Waals surface area contributed by atoms with Gasteiger partial charge in [0.15, 0.2) is 0 Å². The van der Waals surface area contributed by atoms with Gasteiger partial charge in [0.05, 0.1) is 12.4 Å². The Morgan fingerprint density at radius 1 is 1.42 bits per heavy atom. The fourth-order valence-electron chi connectivity index (χ4n) is 2.15. The molecule has 1 aromatic rings. The van der Waals surface area contributed by atoms with E-state index in [4.69, 9.17) is 0 Å². The van der Waals surface area contributed by atoms with Gasteiger partial charge < -0.3 is 10.6 Å². The average molecular weight is 262 g/mol. The SMILES string of the molecule is CCCNc1cncc(C(=O)NCC2(C)CCC2)n1. The molecule has 0 unspecified atom stereocenters. The predicted molar refractivity (Wildman–Crippen MR) is 75.1 cm³/mol. The normalized spacial score (nSPS) is 16.5. The summed E-state index contributed by atoms with van der Waals surface area (Å²) in [4.78, 5) is 20.3. The molecule has 1 aromatic heterocycles. The van der Waals surface area contributed by atoms with Gasteiger partial charge in [-0.2, -0.15) is 0 Å². The van der Waals surface area contributed by atoms with E-state index in [1.807, 2.05) is 0 Å². The van der Waals surface area contributed by atoms with Gasteiger partial charge in [-0.25, -0.2) is 4.98 Å².